The summed E-state index contributed by atoms with van der Waals surface area (Å²) in [6.07, 6.45) is 17.2. The molecule has 0 amide bonds. The van der Waals surface area contributed by atoms with Gasteiger partial charge < -0.3 is 0 Å². The minimum atomic E-state index is -0.00507. The summed E-state index contributed by atoms with van der Waals surface area (Å²) in [5.41, 5.74) is 3.60. The van der Waals surface area contributed by atoms with Crippen molar-refractivity contribution >= 4 is 0 Å². The summed E-state index contributed by atoms with van der Waals surface area (Å²) in [7, 11) is 0. The Labute approximate surface area is 179 Å². The van der Waals surface area contributed by atoms with Crippen molar-refractivity contribution in [1.29, 1.82) is 5.26 Å². The maximum absolute atomic E-state index is 9.78. The van der Waals surface area contributed by atoms with Crippen molar-refractivity contribution < 1.29 is 0 Å². The molecular weight excluding hydrogens is 350 g/mol. The van der Waals surface area contributed by atoms with Crippen LogP contribution in [0.15, 0.2) is 54.6 Å². The molecule has 0 spiro atoms. The lowest BCUT2D eigenvalue weighted by atomic mass is 9.88. The molecule has 0 N–H and O–H groups in total. The number of hydrogen-bond donors (Lipinski definition) is 0. The van der Waals surface area contributed by atoms with Gasteiger partial charge in [-0.2, -0.15) is 5.26 Å². The monoisotopic (exact) mass is 389 g/mol. The maximum Gasteiger partial charge on any atom is 0.0718 e. The second kappa shape index (κ2) is 14.9. The first-order chi connectivity index (χ1) is 14.4. The molecule has 0 aliphatic carbocycles. The Morgan fingerprint density at radius 3 is 1.76 bits per heavy atom. The van der Waals surface area contributed by atoms with Gasteiger partial charge in [-0.15, -0.1) is 0 Å². The van der Waals surface area contributed by atoms with Gasteiger partial charge in [0.1, 0.15) is 0 Å². The highest BCUT2D eigenvalue weighted by Crippen LogP contribution is 2.32. The fourth-order valence-electron chi connectivity index (χ4n) is 4.16. The molecular formula is C28H39N. The number of nitriles is 1. The van der Waals surface area contributed by atoms with E-state index in [-0.39, 0.29) is 5.92 Å². The van der Waals surface area contributed by atoms with Gasteiger partial charge in [-0.3, -0.25) is 0 Å². The lowest BCUT2D eigenvalue weighted by Gasteiger charge is -2.15. The number of benzene rings is 2. The van der Waals surface area contributed by atoms with Crippen LogP contribution in [0.5, 0.6) is 0 Å². The Kier molecular flexibility index (Phi) is 11.9. The molecule has 156 valence electrons. The summed E-state index contributed by atoms with van der Waals surface area (Å²) in [6, 6.07) is 21.4. The third-order valence-electron chi connectivity index (χ3n) is 5.92. The smallest absolute Gasteiger partial charge is 0.0718 e. The molecule has 0 saturated heterocycles. The molecule has 1 heteroatoms. The molecule has 1 atom stereocenters. The average Bonchev–Trinajstić information content (AvgIpc) is 2.78. The fourth-order valence-corrected chi connectivity index (χ4v) is 4.16. The van der Waals surface area contributed by atoms with E-state index >= 15 is 0 Å². The molecule has 29 heavy (non-hydrogen) atoms. The predicted molar refractivity (Wildman–Crippen MR) is 126 cm³/mol. The second-order valence-corrected chi connectivity index (χ2v) is 8.31. The van der Waals surface area contributed by atoms with E-state index in [0.717, 1.165) is 12.8 Å². The third kappa shape index (κ3) is 8.86. The topological polar surface area (TPSA) is 23.8 Å². The van der Waals surface area contributed by atoms with E-state index < -0.39 is 0 Å². The molecule has 0 aliphatic rings. The number of unbranched alkanes of at least 4 members (excludes halogenated alkanes) is 11. The Balaban J connectivity index is 1.66. The van der Waals surface area contributed by atoms with E-state index in [4.69, 9.17) is 0 Å². The number of rotatable bonds is 15. The lowest BCUT2D eigenvalue weighted by Crippen LogP contribution is -1.99. The lowest BCUT2D eigenvalue weighted by molar-refractivity contribution is 0.535. The van der Waals surface area contributed by atoms with Crippen LogP contribution in [0.25, 0.3) is 11.1 Å². The molecule has 0 fully saturated rings. The van der Waals surface area contributed by atoms with E-state index in [9.17, 15) is 5.26 Å². The normalized spacial score (nSPS) is 11.9. The maximum atomic E-state index is 9.78. The van der Waals surface area contributed by atoms with Crippen LogP contribution in [0.1, 0.15) is 102 Å². The molecule has 1 nitrogen and oxygen atoms in total. The first-order valence-electron chi connectivity index (χ1n) is 11.9. The van der Waals surface area contributed by atoms with Gasteiger partial charge in [0.2, 0.25) is 0 Å². The summed E-state index contributed by atoms with van der Waals surface area (Å²) in [6.45, 7) is 2.28. The van der Waals surface area contributed by atoms with Crippen LogP contribution in [0.4, 0.5) is 0 Å². The standard InChI is InChI=1S/C28H39N/c1-2-3-4-5-6-7-8-9-10-11-12-14-21-26(24-29)28-23-18-17-22-27(28)25-19-15-13-16-20-25/h13,15-20,22-23,26H,2-12,14,21H2,1H3. The molecule has 2 rings (SSSR count). The van der Waals surface area contributed by atoms with Crippen molar-refractivity contribution in [2.45, 2.75) is 96.3 Å². The molecule has 0 heterocycles. The van der Waals surface area contributed by atoms with Crippen LogP contribution in [0, 0.1) is 11.3 Å². The highest BCUT2D eigenvalue weighted by atomic mass is 14.3. The summed E-state index contributed by atoms with van der Waals surface area (Å²) < 4.78 is 0. The first-order valence-corrected chi connectivity index (χ1v) is 11.9. The van der Waals surface area contributed by atoms with E-state index in [2.05, 4.69) is 61.5 Å². The fraction of sp³-hybridized carbons (Fsp3) is 0.536. The van der Waals surface area contributed by atoms with Crippen molar-refractivity contribution in [3.8, 4) is 17.2 Å². The highest BCUT2D eigenvalue weighted by Gasteiger charge is 2.15. The Morgan fingerprint density at radius 2 is 1.17 bits per heavy atom. The predicted octanol–water partition coefficient (Wildman–Crippen LogP) is 9.05. The Morgan fingerprint density at radius 1 is 0.655 bits per heavy atom. The summed E-state index contributed by atoms with van der Waals surface area (Å²) >= 11 is 0. The van der Waals surface area contributed by atoms with Gasteiger partial charge in [-0.1, -0.05) is 139 Å². The van der Waals surface area contributed by atoms with Crippen molar-refractivity contribution in [3.63, 3.8) is 0 Å². The van der Waals surface area contributed by atoms with Gasteiger partial charge in [0.25, 0.3) is 0 Å². The van der Waals surface area contributed by atoms with Crippen molar-refractivity contribution in [3.05, 3.63) is 60.2 Å². The highest BCUT2D eigenvalue weighted by molar-refractivity contribution is 5.68. The number of hydrogen-bond acceptors (Lipinski definition) is 1. The Hall–Kier alpha value is -2.07. The largest absolute Gasteiger partial charge is 0.198 e. The molecule has 2 aromatic rings. The van der Waals surface area contributed by atoms with Crippen LogP contribution in [-0.2, 0) is 0 Å². The van der Waals surface area contributed by atoms with Gasteiger partial charge in [-0.05, 0) is 23.1 Å². The van der Waals surface area contributed by atoms with Gasteiger partial charge in [0.05, 0.1) is 12.0 Å². The van der Waals surface area contributed by atoms with Crippen molar-refractivity contribution in [2.24, 2.45) is 0 Å². The molecule has 0 bridgehead atoms. The van der Waals surface area contributed by atoms with Crippen LogP contribution in [0.2, 0.25) is 0 Å². The average molecular weight is 390 g/mol. The summed E-state index contributed by atoms with van der Waals surface area (Å²) in [5, 5.41) is 9.78. The van der Waals surface area contributed by atoms with Crippen LogP contribution < -0.4 is 0 Å². The summed E-state index contributed by atoms with van der Waals surface area (Å²) in [5.74, 6) is -0.00507. The number of nitrogens with zero attached hydrogens (tertiary/aromatic N) is 1. The second-order valence-electron chi connectivity index (χ2n) is 8.31. The van der Waals surface area contributed by atoms with Gasteiger partial charge in [0.15, 0.2) is 0 Å². The first kappa shape index (κ1) is 23.2. The third-order valence-corrected chi connectivity index (χ3v) is 5.92. The molecule has 1 unspecified atom stereocenters. The van der Waals surface area contributed by atoms with Crippen molar-refractivity contribution in [1.82, 2.24) is 0 Å². The molecule has 0 radical (unpaired) electrons. The minimum Gasteiger partial charge on any atom is -0.198 e. The van der Waals surface area contributed by atoms with E-state index in [1.54, 1.807) is 0 Å². The molecule has 0 aromatic heterocycles. The quantitative estimate of drug-likeness (QED) is 0.279. The zero-order chi connectivity index (χ0) is 20.6. The Bertz CT molecular complexity index is 698. The van der Waals surface area contributed by atoms with Gasteiger partial charge in [0, 0.05) is 0 Å². The molecule has 2 aromatic carbocycles. The van der Waals surface area contributed by atoms with Crippen molar-refractivity contribution in [2.75, 3.05) is 0 Å². The van der Waals surface area contributed by atoms with Crippen LogP contribution in [0.3, 0.4) is 0 Å². The van der Waals surface area contributed by atoms with E-state index in [1.165, 1.54) is 87.3 Å². The van der Waals surface area contributed by atoms with E-state index in [0.29, 0.717) is 0 Å². The van der Waals surface area contributed by atoms with Crippen LogP contribution in [-0.4, -0.2) is 0 Å². The SMILES string of the molecule is CCCCCCCCCCCCCCC(C#N)c1ccccc1-c1ccccc1. The van der Waals surface area contributed by atoms with E-state index in [1.807, 2.05) is 6.07 Å². The zero-order valence-corrected chi connectivity index (χ0v) is 18.4. The van der Waals surface area contributed by atoms with Gasteiger partial charge >= 0.3 is 0 Å². The molecule has 0 aliphatic heterocycles. The minimum absolute atomic E-state index is 0.00507. The van der Waals surface area contributed by atoms with Crippen LogP contribution >= 0.6 is 0 Å². The zero-order valence-electron chi connectivity index (χ0n) is 18.4. The van der Waals surface area contributed by atoms with Gasteiger partial charge in [-0.25, -0.2) is 0 Å². The summed E-state index contributed by atoms with van der Waals surface area (Å²) in [4.78, 5) is 0. The molecule has 0 saturated carbocycles.